The summed E-state index contributed by atoms with van der Waals surface area (Å²) in [5, 5.41) is 7.17. The Labute approximate surface area is 224 Å². The molecule has 1 saturated carbocycles. The van der Waals surface area contributed by atoms with Gasteiger partial charge in [0.2, 0.25) is 5.91 Å². The van der Waals surface area contributed by atoms with E-state index >= 15 is 0 Å². The van der Waals surface area contributed by atoms with E-state index in [-0.39, 0.29) is 24.6 Å². The summed E-state index contributed by atoms with van der Waals surface area (Å²) in [4.78, 5) is 19.0. The average molecular weight is 518 g/mol. The number of ether oxygens (including phenoxy) is 1. The molecule has 2 aromatic heterocycles. The van der Waals surface area contributed by atoms with Gasteiger partial charge in [0.25, 0.3) is 0 Å². The van der Waals surface area contributed by atoms with E-state index in [0.717, 1.165) is 22.6 Å². The van der Waals surface area contributed by atoms with Gasteiger partial charge in [-0.25, -0.2) is 0 Å². The molecule has 3 aromatic rings. The number of rotatable bonds is 7. The van der Waals surface area contributed by atoms with Gasteiger partial charge >= 0.3 is 0 Å². The third-order valence-electron chi connectivity index (χ3n) is 7.67. The fourth-order valence-corrected chi connectivity index (χ4v) is 6.38. The molecule has 2 aliphatic rings. The highest BCUT2D eigenvalue weighted by molar-refractivity contribution is 7.80. The number of hydrogen-bond donors (Lipinski definition) is 2. The van der Waals surface area contributed by atoms with Gasteiger partial charge < -0.3 is 24.8 Å². The van der Waals surface area contributed by atoms with Crippen molar-refractivity contribution in [2.75, 3.05) is 23.9 Å². The number of hydrogen-bond acceptors (Lipinski definition) is 4. The van der Waals surface area contributed by atoms with Crippen molar-refractivity contribution in [3.8, 4) is 0 Å². The summed E-state index contributed by atoms with van der Waals surface area (Å²) < 4.78 is 7.50. The van der Waals surface area contributed by atoms with Gasteiger partial charge in [-0.1, -0.05) is 18.9 Å². The fraction of sp³-hybridized carbons (Fsp3) is 0.414. The maximum absolute atomic E-state index is 12.1. The first-order valence-electron chi connectivity index (χ1n) is 13.0. The molecule has 3 heterocycles. The monoisotopic (exact) mass is 517 g/mol. The van der Waals surface area contributed by atoms with E-state index in [9.17, 15) is 4.79 Å². The number of pyridine rings is 1. The molecular weight excluding hydrogens is 482 g/mol. The molecule has 2 N–H and O–H groups in total. The smallest absolute Gasteiger partial charge is 0.250 e. The van der Waals surface area contributed by atoms with Crippen molar-refractivity contribution in [1.29, 1.82) is 0 Å². The van der Waals surface area contributed by atoms with Gasteiger partial charge in [-0.15, -0.1) is 0 Å². The Balaban J connectivity index is 1.57. The van der Waals surface area contributed by atoms with Crippen LogP contribution in [0.15, 0.2) is 48.7 Å². The summed E-state index contributed by atoms with van der Waals surface area (Å²) >= 11 is 5.94. The lowest BCUT2D eigenvalue weighted by Crippen LogP contribution is -2.29. The zero-order valence-electron chi connectivity index (χ0n) is 22.0. The van der Waals surface area contributed by atoms with E-state index in [1.54, 1.807) is 0 Å². The van der Waals surface area contributed by atoms with E-state index in [1.807, 2.05) is 37.4 Å². The van der Waals surface area contributed by atoms with Crippen molar-refractivity contribution >= 4 is 34.6 Å². The number of nitrogens with zero attached hydrogens (tertiary/aromatic N) is 3. The Morgan fingerprint density at radius 2 is 1.95 bits per heavy atom. The molecule has 2 atom stereocenters. The Bertz CT molecular complexity index is 1300. The molecule has 0 bridgehead atoms. The van der Waals surface area contributed by atoms with Crippen molar-refractivity contribution in [3.05, 3.63) is 76.9 Å². The SMILES string of the molecule is COCC(=O)Nc1ccc(N2C(=S)N[C@@H](c3ccccn3)[C@@H]2c2cc(C)n(C3CCCC3)c2C)cc1C. The number of carbonyl (C=O) groups is 1. The van der Waals surface area contributed by atoms with E-state index in [4.69, 9.17) is 21.9 Å². The fourth-order valence-electron chi connectivity index (χ4n) is 6.03. The number of carbonyl (C=O) groups excluding carboxylic acids is 1. The molecule has 1 aliphatic heterocycles. The van der Waals surface area contributed by atoms with Crippen molar-refractivity contribution in [2.24, 2.45) is 0 Å². The number of benzene rings is 1. The zero-order valence-corrected chi connectivity index (χ0v) is 22.8. The highest BCUT2D eigenvalue weighted by atomic mass is 32.1. The van der Waals surface area contributed by atoms with E-state index in [1.165, 1.54) is 49.7 Å². The molecule has 194 valence electrons. The summed E-state index contributed by atoms with van der Waals surface area (Å²) in [6, 6.07) is 14.8. The Morgan fingerprint density at radius 1 is 1.16 bits per heavy atom. The molecule has 0 radical (unpaired) electrons. The minimum atomic E-state index is -0.177. The normalized spacial score (nSPS) is 19.9. The first-order chi connectivity index (χ1) is 17.9. The molecule has 7 nitrogen and oxygen atoms in total. The van der Waals surface area contributed by atoms with Gasteiger partial charge in [0, 0.05) is 42.1 Å². The second-order valence-electron chi connectivity index (χ2n) is 10.1. The van der Waals surface area contributed by atoms with Gasteiger partial charge in [0.05, 0.1) is 17.8 Å². The maximum atomic E-state index is 12.1. The molecule has 1 aromatic carbocycles. The van der Waals surface area contributed by atoms with Crippen LogP contribution in [-0.2, 0) is 9.53 Å². The zero-order chi connectivity index (χ0) is 26.1. The van der Waals surface area contributed by atoms with Gasteiger partial charge in [0.15, 0.2) is 5.11 Å². The third-order valence-corrected chi connectivity index (χ3v) is 7.98. The van der Waals surface area contributed by atoms with Crippen LogP contribution in [0.25, 0.3) is 0 Å². The van der Waals surface area contributed by atoms with Crippen molar-refractivity contribution in [3.63, 3.8) is 0 Å². The van der Waals surface area contributed by atoms with Crippen molar-refractivity contribution < 1.29 is 9.53 Å². The first kappa shape index (κ1) is 25.4. The third kappa shape index (κ3) is 4.88. The average Bonchev–Trinajstić information content (AvgIpc) is 3.59. The largest absolute Gasteiger partial charge is 0.375 e. The van der Waals surface area contributed by atoms with Gasteiger partial charge in [-0.05, 0) is 93.4 Å². The predicted molar refractivity (Wildman–Crippen MR) is 151 cm³/mol. The molecule has 0 spiro atoms. The standard InChI is InChI=1S/C29H35N5O2S/c1-18-15-22(12-13-24(18)31-26(35)17-36-4)34-28(27(32-29(34)37)25-11-7-8-14-30-25)23-16-19(2)33(20(23)3)21-9-5-6-10-21/h7-8,11-16,21,27-28H,5-6,9-10,17H2,1-4H3,(H,31,35)(H,32,37)/t27-,28-/m0/s1. The molecule has 1 amide bonds. The highest BCUT2D eigenvalue weighted by Gasteiger charge is 2.42. The van der Waals surface area contributed by atoms with E-state index < -0.39 is 0 Å². The molecule has 2 fully saturated rings. The van der Waals surface area contributed by atoms with Crippen molar-refractivity contribution in [1.82, 2.24) is 14.9 Å². The Hall–Kier alpha value is -3.23. The molecule has 1 aliphatic carbocycles. The number of methoxy groups -OCH3 is 1. The molecule has 1 saturated heterocycles. The number of anilines is 2. The minimum Gasteiger partial charge on any atom is -0.375 e. The lowest BCUT2D eigenvalue weighted by Gasteiger charge is -2.29. The van der Waals surface area contributed by atoms with Gasteiger partial charge in [-0.2, -0.15) is 0 Å². The van der Waals surface area contributed by atoms with Crippen LogP contribution < -0.4 is 15.5 Å². The topological polar surface area (TPSA) is 71.4 Å². The number of aromatic nitrogens is 2. The predicted octanol–water partition coefficient (Wildman–Crippen LogP) is 5.69. The number of thiocarbonyl (C=S) groups is 1. The summed E-state index contributed by atoms with van der Waals surface area (Å²) in [7, 11) is 1.51. The van der Waals surface area contributed by atoms with Crippen molar-refractivity contribution in [2.45, 2.75) is 64.6 Å². The Kier molecular flexibility index (Phi) is 7.31. The highest BCUT2D eigenvalue weighted by Crippen LogP contribution is 2.45. The second-order valence-corrected chi connectivity index (χ2v) is 10.5. The van der Waals surface area contributed by atoms with E-state index in [0.29, 0.717) is 11.2 Å². The van der Waals surface area contributed by atoms with Crippen LogP contribution in [0.1, 0.15) is 72.0 Å². The lowest BCUT2D eigenvalue weighted by molar-refractivity contribution is -0.119. The lowest BCUT2D eigenvalue weighted by atomic mass is 9.96. The minimum absolute atomic E-state index is 0.0196. The summed E-state index contributed by atoms with van der Waals surface area (Å²) in [6.45, 7) is 6.48. The molecule has 8 heteroatoms. The van der Waals surface area contributed by atoms with Crippen LogP contribution in [0.5, 0.6) is 0 Å². The van der Waals surface area contributed by atoms with Crippen LogP contribution in [0, 0.1) is 20.8 Å². The van der Waals surface area contributed by atoms with Gasteiger partial charge in [-0.3, -0.25) is 9.78 Å². The van der Waals surface area contributed by atoms with Crippen LogP contribution >= 0.6 is 12.2 Å². The molecular formula is C29H35N5O2S. The van der Waals surface area contributed by atoms with Crippen LogP contribution in [-0.4, -0.2) is 34.3 Å². The number of aryl methyl sites for hydroxylation is 2. The summed E-state index contributed by atoms with van der Waals surface area (Å²) in [5.74, 6) is -0.177. The second kappa shape index (κ2) is 10.6. The number of nitrogens with one attached hydrogen (secondary N) is 2. The van der Waals surface area contributed by atoms with Crippen LogP contribution in [0.2, 0.25) is 0 Å². The van der Waals surface area contributed by atoms with E-state index in [2.05, 4.69) is 52.1 Å². The maximum Gasteiger partial charge on any atom is 0.250 e. The van der Waals surface area contributed by atoms with Crippen LogP contribution in [0.3, 0.4) is 0 Å². The molecule has 0 unspecified atom stereocenters. The number of amides is 1. The summed E-state index contributed by atoms with van der Waals surface area (Å²) in [6.07, 6.45) is 6.89. The molecule has 37 heavy (non-hydrogen) atoms. The first-order valence-corrected chi connectivity index (χ1v) is 13.4. The molecule has 5 rings (SSSR count). The summed E-state index contributed by atoms with van der Waals surface area (Å²) in [5.41, 5.74) is 7.53. The van der Waals surface area contributed by atoms with Gasteiger partial charge in [0.1, 0.15) is 6.61 Å². The van der Waals surface area contributed by atoms with Crippen LogP contribution in [0.4, 0.5) is 11.4 Å². The Morgan fingerprint density at radius 3 is 2.62 bits per heavy atom. The quantitative estimate of drug-likeness (QED) is 0.393.